The molecule has 1 saturated carbocycles. The van der Waals surface area contributed by atoms with Gasteiger partial charge in [-0.15, -0.1) is 0 Å². The van der Waals surface area contributed by atoms with Crippen LogP contribution in [0.25, 0.3) is 10.9 Å². The standard InChI is InChI=1S/C36H52N6O2/c1-5-11-31(41-23-26(3)39-27(4)24-41)33-40-30-14-13-28(22-29(30)34(43)42(33)6-2)37-20-17-35(32-12-7-10-19-38-32)18-21-44-36(25-35)15-8-9-16-36/h7,10,12-14,19,22,26-27,31,37,39H,5-6,8-9,11,15-18,20-21,23-25H2,1-4H3/t26-,27+,31-,35+/m0/s1. The zero-order valence-electron chi connectivity index (χ0n) is 27.3. The Kier molecular flexibility index (Phi) is 9.41. The molecule has 3 aromatic rings. The monoisotopic (exact) mass is 600 g/mol. The zero-order chi connectivity index (χ0) is 30.7. The molecule has 0 radical (unpaired) electrons. The van der Waals surface area contributed by atoms with E-state index in [1.807, 2.05) is 29.0 Å². The van der Waals surface area contributed by atoms with Gasteiger partial charge in [-0.05, 0) is 89.6 Å². The number of anilines is 1. The van der Waals surface area contributed by atoms with Crippen LogP contribution in [0.4, 0.5) is 5.69 Å². The summed E-state index contributed by atoms with van der Waals surface area (Å²) in [6.45, 7) is 12.9. The molecule has 2 saturated heterocycles. The molecule has 8 nitrogen and oxygen atoms in total. The van der Waals surface area contributed by atoms with Gasteiger partial charge in [0, 0.05) is 67.9 Å². The molecule has 3 aliphatic rings. The average molecular weight is 601 g/mol. The number of fused-ring (bicyclic) bond motifs is 1. The van der Waals surface area contributed by atoms with Gasteiger partial charge in [0.25, 0.3) is 5.56 Å². The van der Waals surface area contributed by atoms with Gasteiger partial charge < -0.3 is 15.4 Å². The normalized spacial score (nSPS) is 26.3. The fraction of sp³-hybridized carbons (Fsp3) is 0.639. The van der Waals surface area contributed by atoms with Crippen molar-refractivity contribution in [3.05, 3.63) is 64.5 Å². The van der Waals surface area contributed by atoms with Crippen molar-refractivity contribution in [1.29, 1.82) is 0 Å². The van der Waals surface area contributed by atoms with E-state index in [0.29, 0.717) is 24.0 Å². The van der Waals surface area contributed by atoms with Gasteiger partial charge in [0.15, 0.2) is 0 Å². The van der Waals surface area contributed by atoms with E-state index in [4.69, 9.17) is 14.7 Å². The van der Waals surface area contributed by atoms with Gasteiger partial charge in [-0.2, -0.15) is 0 Å². The van der Waals surface area contributed by atoms with E-state index in [9.17, 15) is 4.79 Å². The smallest absolute Gasteiger partial charge is 0.261 e. The number of benzene rings is 1. The molecule has 4 atom stereocenters. The number of rotatable bonds is 10. The number of pyridine rings is 1. The molecule has 1 aliphatic carbocycles. The molecule has 2 aromatic heterocycles. The number of piperazine rings is 1. The van der Waals surface area contributed by atoms with Crippen molar-refractivity contribution in [2.75, 3.05) is 31.6 Å². The molecule has 6 rings (SSSR count). The maximum Gasteiger partial charge on any atom is 0.261 e. The van der Waals surface area contributed by atoms with Crippen molar-refractivity contribution < 1.29 is 4.74 Å². The molecule has 0 amide bonds. The van der Waals surface area contributed by atoms with Crippen LogP contribution < -0.4 is 16.2 Å². The Morgan fingerprint density at radius 1 is 1.09 bits per heavy atom. The minimum atomic E-state index is -0.00760. The number of nitrogens with one attached hydrogen (secondary N) is 2. The first-order valence-corrected chi connectivity index (χ1v) is 17.2. The predicted molar refractivity (Wildman–Crippen MR) is 178 cm³/mol. The molecule has 1 aromatic carbocycles. The van der Waals surface area contributed by atoms with E-state index in [0.717, 1.165) is 88.2 Å². The Labute approximate surface area is 263 Å². The van der Waals surface area contributed by atoms with Crippen molar-refractivity contribution in [3.8, 4) is 0 Å². The van der Waals surface area contributed by atoms with Crippen LogP contribution in [0.2, 0.25) is 0 Å². The van der Waals surface area contributed by atoms with Gasteiger partial charge in [0.2, 0.25) is 0 Å². The molecule has 0 bridgehead atoms. The third-order valence-electron chi connectivity index (χ3n) is 10.5. The SMILES string of the molecule is CCC[C@@H](c1nc2ccc(NCC[C@@]3(c4ccccn4)CCOC4(CCCC4)C3)cc2c(=O)n1CC)N1C[C@@H](C)N[C@@H](C)C1. The highest BCUT2D eigenvalue weighted by Crippen LogP contribution is 2.49. The maximum absolute atomic E-state index is 14.0. The lowest BCUT2D eigenvalue weighted by Gasteiger charge is -2.46. The summed E-state index contributed by atoms with van der Waals surface area (Å²) in [5.41, 5.74) is 3.00. The third-order valence-corrected chi connectivity index (χ3v) is 10.5. The van der Waals surface area contributed by atoms with Crippen molar-refractivity contribution in [1.82, 2.24) is 24.8 Å². The molecule has 2 N–H and O–H groups in total. The van der Waals surface area contributed by atoms with Crippen molar-refractivity contribution >= 4 is 16.6 Å². The summed E-state index contributed by atoms with van der Waals surface area (Å²) in [4.78, 5) is 26.6. The lowest BCUT2D eigenvalue weighted by Crippen LogP contribution is -2.55. The quantitative estimate of drug-likeness (QED) is 0.287. The summed E-state index contributed by atoms with van der Waals surface area (Å²) in [5, 5.41) is 8.02. The topological polar surface area (TPSA) is 84.3 Å². The van der Waals surface area contributed by atoms with Crippen LogP contribution in [-0.2, 0) is 16.7 Å². The van der Waals surface area contributed by atoms with Crippen LogP contribution in [0.1, 0.15) is 103 Å². The molecule has 4 heterocycles. The van der Waals surface area contributed by atoms with E-state index in [1.165, 1.54) is 18.5 Å². The van der Waals surface area contributed by atoms with E-state index in [2.05, 4.69) is 61.4 Å². The van der Waals surface area contributed by atoms with Gasteiger partial charge in [-0.25, -0.2) is 4.98 Å². The number of hydrogen-bond donors (Lipinski definition) is 2. The van der Waals surface area contributed by atoms with Gasteiger partial charge >= 0.3 is 0 Å². The fourth-order valence-corrected chi connectivity index (χ4v) is 8.52. The third kappa shape index (κ3) is 6.31. The molecule has 44 heavy (non-hydrogen) atoms. The number of nitrogens with zero attached hydrogens (tertiary/aromatic N) is 4. The van der Waals surface area contributed by atoms with Crippen LogP contribution in [0.15, 0.2) is 47.4 Å². The first-order valence-electron chi connectivity index (χ1n) is 17.2. The minimum Gasteiger partial charge on any atom is -0.385 e. The summed E-state index contributed by atoms with van der Waals surface area (Å²) in [6, 6.07) is 13.4. The molecular weight excluding hydrogens is 548 g/mol. The summed E-state index contributed by atoms with van der Waals surface area (Å²) in [5.74, 6) is 0.909. The van der Waals surface area contributed by atoms with E-state index in [1.54, 1.807) is 0 Å². The second-order valence-corrected chi connectivity index (χ2v) is 13.8. The summed E-state index contributed by atoms with van der Waals surface area (Å²) in [6.07, 6.45) is 11.8. The molecule has 2 aliphatic heterocycles. The second-order valence-electron chi connectivity index (χ2n) is 13.8. The number of ether oxygens (including phenoxy) is 1. The van der Waals surface area contributed by atoms with Gasteiger partial charge in [-0.3, -0.25) is 19.2 Å². The summed E-state index contributed by atoms with van der Waals surface area (Å²) < 4.78 is 8.36. The number of aromatic nitrogens is 3. The summed E-state index contributed by atoms with van der Waals surface area (Å²) >= 11 is 0. The highest BCUT2D eigenvalue weighted by molar-refractivity contribution is 5.81. The molecular formula is C36H52N6O2. The molecule has 8 heteroatoms. The van der Waals surface area contributed by atoms with Crippen LogP contribution in [0.5, 0.6) is 0 Å². The largest absolute Gasteiger partial charge is 0.385 e. The zero-order valence-corrected chi connectivity index (χ0v) is 27.3. The lowest BCUT2D eigenvalue weighted by atomic mass is 9.68. The van der Waals surface area contributed by atoms with E-state index < -0.39 is 0 Å². The second kappa shape index (κ2) is 13.3. The van der Waals surface area contributed by atoms with Crippen LogP contribution in [-0.4, -0.2) is 63.4 Å². The molecule has 1 spiro atoms. The Hall–Kier alpha value is -2.81. The van der Waals surface area contributed by atoms with Crippen LogP contribution in [0.3, 0.4) is 0 Å². The predicted octanol–water partition coefficient (Wildman–Crippen LogP) is 6.20. The van der Waals surface area contributed by atoms with Gasteiger partial charge in [0.1, 0.15) is 5.82 Å². The first-order chi connectivity index (χ1) is 21.4. The van der Waals surface area contributed by atoms with Crippen LogP contribution in [0, 0.1) is 0 Å². The molecule has 3 fully saturated rings. The molecule has 238 valence electrons. The number of hydrogen-bond acceptors (Lipinski definition) is 7. The van der Waals surface area contributed by atoms with Crippen LogP contribution >= 0.6 is 0 Å². The van der Waals surface area contributed by atoms with Crippen molar-refractivity contribution in [2.45, 2.75) is 121 Å². The van der Waals surface area contributed by atoms with E-state index >= 15 is 0 Å². The summed E-state index contributed by atoms with van der Waals surface area (Å²) in [7, 11) is 0. The highest BCUT2D eigenvalue weighted by atomic mass is 16.5. The van der Waals surface area contributed by atoms with Crippen molar-refractivity contribution in [3.63, 3.8) is 0 Å². The van der Waals surface area contributed by atoms with Crippen molar-refractivity contribution in [2.24, 2.45) is 0 Å². The van der Waals surface area contributed by atoms with Gasteiger partial charge in [-0.1, -0.05) is 32.3 Å². The Morgan fingerprint density at radius 3 is 2.59 bits per heavy atom. The lowest BCUT2D eigenvalue weighted by molar-refractivity contribution is -0.104. The minimum absolute atomic E-state index is 0.00373. The molecule has 0 unspecified atom stereocenters. The Morgan fingerprint density at radius 2 is 1.89 bits per heavy atom. The fourth-order valence-electron chi connectivity index (χ4n) is 8.52. The Bertz CT molecular complexity index is 1460. The van der Waals surface area contributed by atoms with Gasteiger partial charge in [0.05, 0.1) is 22.5 Å². The maximum atomic E-state index is 14.0. The first kappa shape index (κ1) is 31.2. The average Bonchev–Trinajstić information content (AvgIpc) is 3.47. The van der Waals surface area contributed by atoms with E-state index in [-0.39, 0.29) is 22.6 Å². The highest BCUT2D eigenvalue weighted by Gasteiger charge is 2.48. The Balaban J connectivity index is 1.24.